The van der Waals surface area contributed by atoms with Gasteiger partial charge in [0.1, 0.15) is 5.54 Å². The average molecular weight is 556 g/mol. The van der Waals surface area contributed by atoms with E-state index in [1.165, 1.54) is 14.0 Å². The monoisotopic (exact) mass is 555 g/mol. The van der Waals surface area contributed by atoms with Crippen LogP contribution < -0.4 is 26.6 Å². The number of methoxy groups -OCH3 is 1. The molecule has 214 valence electrons. The summed E-state index contributed by atoms with van der Waals surface area (Å²) >= 11 is 0. The lowest BCUT2D eigenvalue weighted by atomic mass is 9.80. The molecular weight excluding hydrogens is 514 g/mol. The summed E-state index contributed by atoms with van der Waals surface area (Å²) in [5, 5.41) is 18.5. The van der Waals surface area contributed by atoms with Crippen molar-refractivity contribution < 1.29 is 29.0 Å². The van der Waals surface area contributed by atoms with Gasteiger partial charge in [0.15, 0.2) is 0 Å². The molecule has 38 heavy (non-hydrogen) atoms. The molecule has 4 amide bonds. The van der Waals surface area contributed by atoms with Gasteiger partial charge in [-0.05, 0) is 43.7 Å². The predicted molar refractivity (Wildman–Crippen MR) is 147 cm³/mol. The van der Waals surface area contributed by atoms with Gasteiger partial charge in [-0.1, -0.05) is 32.0 Å². The number of aliphatic hydroxyl groups is 1. The largest absolute Gasteiger partial charge is 0.453 e. The van der Waals surface area contributed by atoms with E-state index < -0.39 is 35.1 Å². The van der Waals surface area contributed by atoms with E-state index in [2.05, 4.69) is 16.0 Å². The van der Waals surface area contributed by atoms with Crippen LogP contribution in [0.3, 0.4) is 0 Å². The second kappa shape index (κ2) is 13.8. The highest BCUT2D eigenvalue weighted by molar-refractivity contribution is 5.95. The average Bonchev–Trinajstić information content (AvgIpc) is 2.79. The van der Waals surface area contributed by atoms with Crippen LogP contribution in [-0.4, -0.2) is 72.8 Å². The maximum absolute atomic E-state index is 13.4. The third-order valence-corrected chi connectivity index (χ3v) is 6.40. The van der Waals surface area contributed by atoms with E-state index in [1.54, 1.807) is 18.7 Å². The second-order valence-electron chi connectivity index (χ2n) is 11.0. The number of hydrogen-bond donors (Lipinski definition) is 5. The van der Waals surface area contributed by atoms with Crippen LogP contribution in [0.4, 0.5) is 10.5 Å². The molecule has 1 aromatic rings. The Labute approximate surface area is 230 Å². The number of nitrogens with two attached hydrogens (primary N) is 1. The van der Waals surface area contributed by atoms with E-state index in [4.69, 9.17) is 10.5 Å². The van der Waals surface area contributed by atoms with Crippen LogP contribution >= 0.6 is 12.4 Å². The summed E-state index contributed by atoms with van der Waals surface area (Å²) in [4.78, 5) is 50.5. The van der Waals surface area contributed by atoms with Gasteiger partial charge < -0.3 is 36.4 Å². The molecule has 0 bridgehead atoms. The predicted octanol–water partition coefficient (Wildman–Crippen LogP) is 1.25. The van der Waals surface area contributed by atoms with Crippen molar-refractivity contribution in [3.05, 3.63) is 29.8 Å². The van der Waals surface area contributed by atoms with Crippen molar-refractivity contribution in [1.29, 1.82) is 0 Å². The molecule has 0 saturated carbocycles. The minimum Gasteiger partial charge on any atom is -0.453 e. The fourth-order valence-electron chi connectivity index (χ4n) is 4.57. The van der Waals surface area contributed by atoms with Crippen molar-refractivity contribution in [2.45, 2.75) is 77.6 Å². The minimum atomic E-state index is -1.13. The zero-order valence-electron chi connectivity index (χ0n) is 23.0. The molecule has 1 aromatic carbocycles. The first kappa shape index (κ1) is 33.1. The Hall–Kier alpha value is -2.89. The highest BCUT2D eigenvalue weighted by atomic mass is 35.5. The molecule has 2 rings (SSSR count). The molecule has 1 aliphatic heterocycles. The van der Waals surface area contributed by atoms with Gasteiger partial charge >= 0.3 is 6.09 Å². The van der Waals surface area contributed by atoms with E-state index in [9.17, 15) is 24.3 Å². The number of halogens is 1. The first-order chi connectivity index (χ1) is 17.1. The Balaban J connectivity index is 0.00000722. The van der Waals surface area contributed by atoms with E-state index in [0.717, 1.165) is 11.3 Å². The van der Waals surface area contributed by atoms with Crippen molar-refractivity contribution in [2.75, 3.05) is 25.1 Å². The molecule has 0 aromatic heterocycles. The van der Waals surface area contributed by atoms with Crippen LogP contribution in [0, 0.1) is 5.41 Å². The Kier molecular flexibility index (Phi) is 12.0. The molecule has 1 heterocycles. The van der Waals surface area contributed by atoms with Crippen molar-refractivity contribution >= 4 is 41.9 Å². The number of nitrogens with one attached hydrogen (secondary N) is 3. The summed E-state index contributed by atoms with van der Waals surface area (Å²) in [6.45, 7) is 8.47. The van der Waals surface area contributed by atoms with Gasteiger partial charge in [0.05, 0.1) is 19.3 Å². The molecule has 11 nitrogen and oxygen atoms in total. The smallest absolute Gasteiger partial charge is 0.407 e. The maximum Gasteiger partial charge on any atom is 0.407 e. The number of para-hydroxylation sites is 1. The molecule has 0 spiro atoms. The molecule has 12 heteroatoms. The molecule has 0 saturated heterocycles. The first-order valence-corrected chi connectivity index (χ1v) is 12.4. The van der Waals surface area contributed by atoms with Gasteiger partial charge in [-0.3, -0.25) is 14.4 Å². The fourth-order valence-corrected chi connectivity index (χ4v) is 4.57. The second-order valence-corrected chi connectivity index (χ2v) is 11.0. The molecule has 0 aliphatic carbocycles. The summed E-state index contributed by atoms with van der Waals surface area (Å²) in [5.74, 6) is -0.907. The molecule has 0 radical (unpaired) electrons. The highest BCUT2D eigenvalue weighted by Gasteiger charge is 2.35. The maximum atomic E-state index is 13.4. The van der Waals surface area contributed by atoms with Crippen LogP contribution in [-0.2, 0) is 25.5 Å². The number of rotatable bonds is 10. The highest BCUT2D eigenvalue weighted by Crippen LogP contribution is 2.32. The lowest BCUT2D eigenvalue weighted by molar-refractivity contribution is -0.131. The number of aliphatic hydroxyl groups excluding tert-OH is 1. The topological polar surface area (TPSA) is 163 Å². The first-order valence-electron chi connectivity index (χ1n) is 12.4. The summed E-state index contributed by atoms with van der Waals surface area (Å²) in [5.41, 5.74) is 6.31. The van der Waals surface area contributed by atoms with Crippen LogP contribution in [0.2, 0.25) is 0 Å². The summed E-state index contributed by atoms with van der Waals surface area (Å²) in [7, 11) is 1.30. The van der Waals surface area contributed by atoms with Gasteiger partial charge in [0.25, 0.3) is 0 Å². The SMILES string of the molecule is COC(=O)NC1Cc2ccccc2N(C(=O)CC(C)(C)C[C@H](N)[C@@H](O)CNC(=O)C(C)(C)NC(C)=O)C1.Cl. The van der Waals surface area contributed by atoms with E-state index >= 15 is 0 Å². The third-order valence-electron chi connectivity index (χ3n) is 6.40. The Bertz CT molecular complexity index is 1000. The van der Waals surface area contributed by atoms with Gasteiger partial charge in [-0.25, -0.2) is 4.79 Å². The molecule has 3 atom stereocenters. The number of benzene rings is 1. The number of nitrogens with zero attached hydrogens (tertiary/aromatic N) is 1. The number of carbonyl (C=O) groups is 4. The summed E-state index contributed by atoms with van der Waals surface area (Å²) in [6.07, 6.45) is -0.529. The minimum absolute atomic E-state index is 0. The van der Waals surface area contributed by atoms with Crippen molar-refractivity contribution in [3.63, 3.8) is 0 Å². The van der Waals surface area contributed by atoms with Crippen LogP contribution in [0.25, 0.3) is 0 Å². The number of hydrogen-bond acceptors (Lipinski definition) is 7. The fraction of sp³-hybridized carbons (Fsp3) is 0.615. The Morgan fingerprint density at radius 2 is 1.82 bits per heavy atom. The number of fused-ring (bicyclic) bond motifs is 1. The van der Waals surface area contributed by atoms with Gasteiger partial charge in [-0.15, -0.1) is 12.4 Å². The molecular formula is C26H42ClN5O6. The molecule has 1 aliphatic rings. The number of anilines is 1. The van der Waals surface area contributed by atoms with Crippen LogP contribution in [0.1, 0.15) is 53.0 Å². The van der Waals surface area contributed by atoms with Gasteiger partial charge in [0.2, 0.25) is 17.7 Å². The van der Waals surface area contributed by atoms with E-state index in [-0.39, 0.29) is 43.2 Å². The number of alkyl carbamates (subject to hydrolysis) is 1. The third kappa shape index (κ3) is 9.45. The number of amides is 4. The Morgan fingerprint density at radius 1 is 1.18 bits per heavy atom. The Morgan fingerprint density at radius 3 is 2.42 bits per heavy atom. The van der Waals surface area contributed by atoms with E-state index in [1.807, 2.05) is 38.1 Å². The van der Waals surface area contributed by atoms with Crippen molar-refractivity contribution in [1.82, 2.24) is 16.0 Å². The van der Waals surface area contributed by atoms with E-state index in [0.29, 0.717) is 19.4 Å². The molecule has 0 fully saturated rings. The molecule has 1 unspecified atom stereocenters. The lowest BCUT2D eigenvalue weighted by Crippen LogP contribution is -2.56. The quantitative estimate of drug-likeness (QED) is 0.290. The van der Waals surface area contributed by atoms with Gasteiger partial charge in [0, 0.05) is 38.2 Å². The number of carbonyl (C=O) groups excluding carboxylic acids is 4. The zero-order chi connectivity index (χ0) is 28.0. The van der Waals surface area contributed by atoms with Crippen molar-refractivity contribution in [3.8, 4) is 0 Å². The normalized spacial score (nSPS) is 16.7. The molecule has 6 N–H and O–H groups in total. The lowest BCUT2D eigenvalue weighted by Gasteiger charge is -2.37. The standard InChI is InChI=1S/C26H41N5O6.ClH/c1-16(32)30-26(4,5)23(35)28-14-21(33)19(27)12-25(2,3)13-22(34)31-15-18(29-24(36)37-6)11-17-9-7-8-10-20(17)31;/h7-10,18-19,21,33H,11-15,27H2,1-6H3,(H,28,35)(H,29,36)(H,30,32);1H/t18?,19-,21-;/m0./s1. The van der Waals surface area contributed by atoms with Crippen molar-refractivity contribution in [2.24, 2.45) is 11.1 Å². The number of ether oxygens (including phenoxy) is 1. The summed E-state index contributed by atoms with van der Waals surface area (Å²) in [6, 6.07) is 6.59. The summed E-state index contributed by atoms with van der Waals surface area (Å²) < 4.78 is 4.72. The van der Waals surface area contributed by atoms with Crippen LogP contribution in [0.5, 0.6) is 0 Å². The zero-order valence-corrected chi connectivity index (χ0v) is 23.8. The van der Waals surface area contributed by atoms with Crippen LogP contribution in [0.15, 0.2) is 24.3 Å². The van der Waals surface area contributed by atoms with Gasteiger partial charge in [-0.2, -0.15) is 0 Å².